The van der Waals surface area contributed by atoms with E-state index < -0.39 is 0 Å². The zero-order valence-electron chi connectivity index (χ0n) is 13.9. The fourth-order valence-corrected chi connectivity index (χ4v) is 2.37. The smallest absolute Gasteiger partial charge is 0.196 e. The number of aryl methyl sites for hydroxylation is 3. The molecule has 2 rings (SSSR count). The van der Waals surface area contributed by atoms with E-state index in [-0.39, 0.29) is 5.54 Å². The van der Waals surface area contributed by atoms with Crippen LogP contribution in [0.4, 0.5) is 0 Å². The zero-order chi connectivity index (χ0) is 15.6. The molecule has 0 radical (unpaired) electrons. The molecule has 0 unspecified atom stereocenters. The second-order valence-corrected chi connectivity index (χ2v) is 6.56. The Balaban J connectivity index is 2.20. The molecule has 21 heavy (non-hydrogen) atoms. The number of aromatic nitrogens is 2. The van der Waals surface area contributed by atoms with E-state index in [0.29, 0.717) is 5.82 Å². The van der Waals surface area contributed by atoms with Crippen molar-refractivity contribution in [2.75, 3.05) is 6.54 Å². The normalized spacial score (nSPS) is 11.9. The molecule has 0 aliphatic heterocycles. The van der Waals surface area contributed by atoms with E-state index in [1.807, 2.05) is 26.8 Å². The second kappa shape index (κ2) is 5.98. The predicted molar refractivity (Wildman–Crippen MR) is 85.4 cm³/mol. The number of furan rings is 1. The van der Waals surface area contributed by atoms with Gasteiger partial charge in [-0.1, -0.05) is 0 Å². The molecule has 0 saturated carbocycles. The molecule has 0 bridgehead atoms. The van der Waals surface area contributed by atoms with Gasteiger partial charge in [-0.05, 0) is 71.7 Å². The Hall–Kier alpha value is -1.68. The highest BCUT2D eigenvalue weighted by Gasteiger charge is 2.14. The van der Waals surface area contributed by atoms with Crippen molar-refractivity contribution in [3.05, 3.63) is 34.8 Å². The van der Waals surface area contributed by atoms with Crippen LogP contribution in [-0.2, 0) is 6.42 Å². The zero-order valence-corrected chi connectivity index (χ0v) is 13.9. The lowest BCUT2D eigenvalue weighted by molar-refractivity contribution is 0.429. The van der Waals surface area contributed by atoms with Gasteiger partial charge in [-0.25, -0.2) is 9.97 Å². The summed E-state index contributed by atoms with van der Waals surface area (Å²) in [7, 11) is 0. The summed E-state index contributed by atoms with van der Waals surface area (Å²) < 4.78 is 5.49. The van der Waals surface area contributed by atoms with Crippen molar-refractivity contribution < 1.29 is 4.42 Å². The topological polar surface area (TPSA) is 51.0 Å². The van der Waals surface area contributed by atoms with E-state index in [2.05, 4.69) is 36.1 Å². The maximum atomic E-state index is 5.49. The van der Waals surface area contributed by atoms with Gasteiger partial charge in [-0.2, -0.15) is 0 Å². The van der Waals surface area contributed by atoms with Gasteiger partial charge in [0.05, 0.1) is 6.26 Å². The third-order valence-corrected chi connectivity index (χ3v) is 3.52. The molecule has 1 N–H and O–H groups in total. The first-order valence-electron chi connectivity index (χ1n) is 7.41. The van der Waals surface area contributed by atoms with Crippen LogP contribution >= 0.6 is 0 Å². The van der Waals surface area contributed by atoms with Gasteiger partial charge in [-0.15, -0.1) is 0 Å². The fraction of sp³-hybridized carbons (Fsp3) is 0.529. The summed E-state index contributed by atoms with van der Waals surface area (Å²) in [5, 5.41) is 3.50. The quantitative estimate of drug-likeness (QED) is 0.933. The van der Waals surface area contributed by atoms with Crippen LogP contribution in [0.15, 0.2) is 16.7 Å². The maximum Gasteiger partial charge on any atom is 0.196 e. The van der Waals surface area contributed by atoms with Crippen molar-refractivity contribution in [1.29, 1.82) is 0 Å². The second-order valence-electron chi connectivity index (χ2n) is 6.56. The molecular formula is C17H25N3O. The molecule has 0 amide bonds. The molecule has 2 aromatic heterocycles. The summed E-state index contributed by atoms with van der Waals surface area (Å²) in [4.78, 5) is 9.24. The molecule has 0 aromatic carbocycles. The monoisotopic (exact) mass is 287 g/mol. The molecule has 4 nitrogen and oxygen atoms in total. The van der Waals surface area contributed by atoms with Gasteiger partial charge in [0.1, 0.15) is 0 Å². The molecule has 0 fully saturated rings. The highest BCUT2D eigenvalue weighted by Crippen LogP contribution is 2.23. The average molecular weight is 287 g/mol. The van der Waals surface area contributed by atoms with E-state index in [0.717, 1.165) is 35.7 Å². The minimum absolute atomic E-state index is 0.133. The Morgan fingerprint density at radius 3 is 2.19 bits per heavy atom. The van der Waals surface area contributed by atoms with Crippen molar-refractivity contribution in [2.45, 2.75) is 53.5 Å². The average Bonchev–Trinajstić information content (AvgIpc) is 2.77. The summed E-state index contributed by atoms with van der Waals surface area (Å²) in [5.74, 6) is 1.44. The Kier molecular flexibility index (Phi) is 4.47. The van der Waals surface area contributed by atoms with Gasteiger partial charge in [0.15, 0.2) is 11.6 Å². The summed E-state index contributed by atoms with van der Waals surface area (Å²) in [6, 6.07) is 1.94. The number of hydrogen-bond acceptors (Lipinski definition) is 4. The SMILES string of the molecule is Cc1ccoc1-c1nc(C)c(CCNC(C)(C)C)c(C)n1. The Morgan fingerprint density at radius 1 is 1.10 bits per heavy atom. The first kappa shape index (κ1) is 15.7. The number of hydrogen-bond donors (Lipinski definition) is 1. The van der Waals surface area contributed by atoms with E-state index in [9.17, 15) is 0 Å². The Labute approximate surface area is 127 Å². The van der Waals surface area contributed by atoms with Gasteiger partial charge in [-0.3, -0.25) is 0 Å². The Bertz CT molecular complexity index is 600. The van der Waals surface area contributed by atoms with Crippen LogP contribution in [-0.4, -0.2) is 22.1 Å². The highest BCUT2D eigenvalue weighted by molar-refractivity contribution is 5.53. The highest BCUT2D eigenvalue weighted by atomic mass is 16.3. The van der Waals surface area contributed by atoms with Crippen molar-refractivity contribution in [1.82, 2.24) is 15.3 Å². The number of nitrogens with one attached hydrogen (secondary N) is 1. The molecule has 0 saturated heterocycles. The van der Waals surface area contributed by atoms with Crippen molar-refractivity contribution in [3.63, 3.8) is 0 Å². The third-order valence-electron chi connectivity index (χ3n) is 3.52. The molecule has 0 aliphatic carbocycles. The van der Waals surface area contributed by atoms with Crippen LogP contribution in [0.5, 0.6) is 0 Å². The molecule has 2 heterocycles. The van der Waals surface area contributed by atoms with Gasteiger partial charge < -0.3 is 9.73 Å². The lowest BCUT2D eigenvalue weighted by atomic mass is 10.1. The van der Waals surface area contributed by atoms with Gasteiger partial charge in [0.25, 0.3) is 0 Å². The number of nitrogens with zero attached hydrogens (tertiary/aromatic N) is 2. The first-order valence-corrected chi connectivity index (χ1v) is 7.41. The minimum atomic E-state index is 0.133. The summed E-state index contributed by atoms with van der Waals surface area (Å²) in [5.41, 5.74) is 4.48. The fourth-order valence-electron chi connectivity index (χ4n) is 2.37. The molecule has 0 spiro atoms. The van der Waals surface area contributed by atoms with Gasteiger partial charge in [0.2, 0.25) is 0 Å². The predicted octanol–water partition coefficient (Wildman–Crippen LogP) is 3.59. The van der Waals surface area contributed by atoms with Gasteiger partial charge >= 0.3 is 0 Å². The molecule has 0 aliphatic rings. The van der Waals surface area contributed by atoms with Crippen molar-refractivity contribution >= 4 is 0 Å². The van der Waals surface area contributed by atoms with Gasteiger partial charge in [0, 0.05) is 16.9 Å². The lowest BCUT2D eigenvalue weighted by Crippen LogP contribution is -2.37. The van der Waals surface area contributed by atoms with E-state index in [1.54, 1.807) is 6.26 Å². The third kappa shape index (κ3) is 3.91. The van der Waals surface area contributed by atoms with E-state index >= 15 is 0 Å². The summed E-state index contributed by atoms with van der Waals surface area (Å²) in [6.07, 6.45) is 2.62. The van der Waals surface area contributed by atoms with Crippen LogP contribution in [0.25, 0.3) is 11.6 Å². The molecule has 114 valence electrons. The van der Waals surface area contributed by atoms with Crippen LogP contribution in [0, 0.1) is 20.8 Å². The van der Waals surface area contributed by atoms with E-state index in [1.165, 1.54) is 5.56 Å². The Morgan fingerprint density at radius 2 is 1.71 bits per heavy atom. The molecule has 4 heteroatoms. The molecule has 2 aromatic rings. The summed E-state index contributed by atoms with van der Waals surface area (Å²) in [6.45, 7) is 13.5. The molecule has 0 atom stereocenters. The number of rotatable bonds is 4. The first-order chi connectivity index (χ1) is 9.78. The van der Waals surface area contributed by atoms with E-state index in [4.69, 9.17) is 4.42 Å². The summed E-state index contributed by atoms with van der Waals surface area (Å²) >= 11 is 0. The van der Waals surface area contributed by atoms with Crippen LogP contribution < -0.4 is 5.32 Å². The lowest BCUT2D eigenvalue weighted by Gasteiger charge is -2.21. The standard InChI is InChI=1S/C17H25N3O/c1-11-8-10-21-15(11)16-19-12(2)14(13(3)20-16)7-9-18-17(4,5)6/h8,10,18H,7,9H2,1-6H3. The minimum Gasteiger partial charge on any atom is -0.461 e. The molecular weight excluding hydrogens is 262 g/mol. The van der Waals surface area contributed by atoms with Crippen LogP contribution in [0.3, 0.4) is 0 Å². The van der Waals surface area contributed by atoms with Crippen LogP contribution in [0.2, 0.25) is 0 Å². The largest absolute Gasteiger partial charge is 0.461 e. The van der Waals surface area contributed by atoms with Crippen molar-refractivity contribution in [2.24, 2.45) is 0 Å². The maximum absolute atomic E-state index is 5.49. The van der Waals surface area contributed by atoms with Crippen molar-refractivity contribution in [3.8, 4) is 11.6 Å². The van der Waals surface area contributed by atoms with Crippen LogP contribution in [0.1, 0.15) is 43.3 Å².